The van der Waals surface area contributed by atoms with Gasteiger partial charge in [-0.15, -0.1) is 0 Å². The Morgan fingerprint density at radius 3 is 2.95 bits per heavy atom. The van der Waals surface area contributed by atoms with Crippen LogP contribution < -0.4 is 5.73 Å². The molecule has 2 heterocycles. The SMILES string of the molecule is Cc1[nH]nc(N)c1C(=O)N(Cc1ccsc1)C1CC1. The maximum absolute atomic E-state index is 12.6. The summed E-state index contributed by atoms with van der Waals surface area (Å²) < 4.78 is 0. The minimum atomic E-state index is -0.0162. The number of nitrogen functional groups attached to an aromatic ring is 1. The molecule has 3 rings (SSSR count). The van der Waals surface area contributed by atoms with Crippen molar-refractivity contribution in [2.24, 2.45) is 0 Å². The van der Waals surface area contributed by atoms with Crippen molar-refractivity contribution >= 4 is 23.1 Å². The first-order valence-corrected chi connectivity index (χ1v) is 7.23. The van der Waals surface area contributed by atoms with Gasteiger partial charge in [0, 0.05) is 18.3 Å². The lowest BCUT2D eigenvalue weighted by Crippen LogP contribution is -2.33. The van der Waals surface area contributed by atoms with E-state index in [1.54, 1.807) is 11.3 Å². The number of anilines is 1. The molecular formula is C13H16N4OS. The van der Waals surface area contributed by atoms with E-state index >= 15 is 0 Å². The molecule has 3 N–H and O–H groups in total. The molecule has 2 aromatic rings. The molecule has 0 unspecified atom stereocenters. The molecule has 0 radical (unpaired) electrons. The highest BCUT2D eigenvalue weighted by Gasteiger charge is 2.35. The summed E-state index contributed by atoms with van der Waals surface area (Å²) in [7, 11) is 0. The van der Waals surface area contributed by atoms with Gasteiger partial charge in [-0.05, 0) is 42.2 Å². The van der Waals surface area contributed by atoms with Gasteiger partial charge < -0.3 is 10.6 Å². The molecule has 0 aromatic carbocycles. The summed E-state index contributed by atoms with van der Waals surface area (Å²) in [4.78, 5) is 14.6. The summed E-state index contributed by atoms with van der Waals surface area (Å²) in [6.45, 7) is 2.48. The van der Waals surface area contributed by atoms with Gasteiger partial charge in [0.05, 0.1) is 0 Å². The first-order chi connectivity index (χ1) is 9.16. The van der Waals surface area contributed by atoms with Gasteiger partial charge in [0.1, 0.15) is 5.56 Å². The average molecular weight is 276 g/mol. The quantitative estimate of drug-likeness (QED) is 0.898. The van der Waals surface area contributed by atoms with E-state index in [9.17, 15) is 4.79 Å². The Labute approximate surface area is 115 Å². The molecule has 2 aromatic heterocycles. The van der Waals surface area contributed by atoms with Crippen LogP contribution in [-0.4, -0.2) is 27.0 Å². The predicted octanol–water partition coefficient (Wildman–Crippen LogP) is 2.17. The van der Waals surface area contributed by atoms with Crippen molar-refractivity contribution in [2.75, 3.05) is 5.73 Å². The van der Waals surface area contributed by atoms with Gasteiger partial charge in [0.15, 0.2) is 5.82 Å². The number of aromatic nitrogens is 2. The summed E-state index contributed by atoms with van der Waals surface area (Å²) in [6, 6.07) is 2.40. The van der Waals surface area contributed by atoms with E-state index in [1.165, 1.54) is 5.56 Å². The fourth-order valence-electron chi connectivity index (χ4n) is 2.19. The molecule has 1 aliphatic rings. The lowest BCUT2D eigenvalue weighted by molar-refractivity contribution is 0.0730. The lowest BCUT2D eigenvalue weighted by atomic mass is 10.2. The molecule has 19 heavy (non-hydrogen) atoms. The highest BCUT2D eigenvalue weighted by Crippen LogP contribution is 2.31. The second kappa shape index (κ2) is 4.70. The zero-order valence-electron chi connectivity index (χ0n) is 10.7. The standard InChI is InChI=1S/C13H16N4OS/c1-8-11(12(14)16-15-8)13(18)17(10-2-3-10)6-9-4-5-19-7-9/h4-5,7,10H,2-3,6H2,1H3,(H3,14,15,16). The van der Waals surface area contributed by atoms with Crippen LogP contribution >= 0.6 is 11.3 Å². The molecule has 1 amide bonds. The molecule has 6 heteroatoms. The number of amides is 1. The number of hydrogen-bond donors (Lipinski definition) is 2. The number of carbonyl (C=O) groups is 1. The van der Waals surface area contributed by atoms with Gasteiger partial charge in [-0.3, -0.25) is 9.89 Å². The number of nitrogens with two attached hydrogens (primary N) is 1. The molecule has 0 bridgehead atoms. The van der Waals surface area contributed by atoms with Crippen LogP contribution in [0.5, 0.6) is 0 Å². The molecule has 1 fully saturated rings. The molecule has 0 spiro atoms. The maximum atomic E-state index is 12.6. The third kappa shape index (κ3) is 2.35. The molecule has 0 atom stereocenters. The number of carbonyl (C=O) groups excluding carboxylic acids is 1. The first-order valence-electron chi connectivity index (χ1n) is 6.29. The number of hydrogen-bond acceptors (Lipinski definition) is 4. The van der Waals surface area contributed by atoms with E-state index in [2.05, 4.69) is 21.6 Å². The smallest absolute Gasteiger partial charge is 0.260 e. The van der Waals surface area contributed by atoms with Crippen LogP contribution in [0, 0.1) is 6.92 Å². The van der Waals surface area contributed by atoms with Crippen molar-refractivity contribution in [3.8, 4) is 0 Å². The Bertz CT molecular complexity index is 566. The highest BCUT2D eigenvalue weighted by molar-refractivity contribution is 7.07. The van der Waals surface area contributed by atoms with Crippen LogP contribution in [0.2, 0.25) is 0 Å². The van der Waals surface area contributed by atoms with Crippen molar-refractivity contribution in [2.45, 2.75) is 32.4 Å². The van der Waals surface area contributed by atoms with Gasteiger partial charge >= 0.3 is 0 Å². The summed E-state index contributed by atoms with van der Waals surface area (Å²) >= 11 is 1.65. The fourth-order valence-corrected chi connectivity index (χ4v) is 2.85. The van der Waals surface area contributed by atoms with Gasteiger partial charge in [-0.25, -0.2) is 0 Å². The molecule has 0 saturated heterocycles. The third-order valence-corrected chi connectivity index (χ3v) is 4.10. The van der Waals surface area contributed by atoms with E-state index in [4.69, 9.17) is 5.73 Å². The fraction of sp³-hybridized carbons (Fsp3) is 0.385. The van der Waals surface area contributed by atoms with E-state index < -0.39 is 0 Å². The third-order valence-electron chi connectivity index (χ3n) is 3.37. The number of aromatic amines is 1. The van der Waals surface area contributed by atoms with Crippen LogP contribution in [-0.2, 0) is 6.54 Å². The lowest BCUT2D eigenvalue weighted by Gasteiger charge is -2.22. The topological polar surface area (TPSA) is 75.0 Å². The zero-order valence-corrected chi connectivity index (χ0v) is 11.5. The monoisotopic (exact) mass is 276 g/mol. The van der Waals surface area contributed by atoms with Crippen LogP contribution in [0.15, 0.2) is 16.8 Å². The molecule has 0 aliphatic heterocycles. The number of thiophene rings is 1. The van der Waals surface area contributed by atoms with Crippen molar-refractivity contribution in [1.82, 2.24) is 15.1 Å². The highest BCUT2D eigenvalue weighted by atomic mass is 32.1. The van der Waals surface area contributed by atoms with E-state index in [0.29, 0.717) is 24.0 Å². The average Bonchev–Trinajstić information content (AvgIpc) is 2.99. The van der Waals surface area contributed by atoms with E-state index in [1.807, 2.05) is 17.2 Å². The molecule has 100 valence electrons. The Hall–Kier alpha value is -1.82. The van der Waals surface area contributed by atoms with Crippen molar-refractivity contribution in [3.63, 3.8) is 0 Å². The minimum Gasteiger partial charge on any atom is -0.382 e. The second-order valence-corrected chi connectivity index (χ2v) is 5.68. The van der Waals surface area contributed by atoms with Crippen LogP contribution in [0.1, 0.15) is 34.5 Å². The Kier molecular flexibility index (Phi) is 3.02. The zero-order chi connectivity index (χ0) is 13.4. The summed E-state index contributed by atoms with van der Waals surface area (Å²) in [6.07, 6.45) is 2.15. The molecule has 1 aliphatic carbocycles. The van der Waals surface area contributed by atoms with Crippen molar-refractivity contribution in [3.05, 3.63) is 33.6 Å². The van der Waals surface area contributed by atoms with Gasteiger partial charge in [0.25, 0.3) is 5.91 Å². The number of rotatable bonds is 4. The van der Waals surface area contributed by atoms with E-state index in [-0.39, 0.29) is 5.91 Å². The largest absolute Gasteiger partial charge is 0.382 e. The van der Waals surface area contributed by atoms with Gasteiger partial charge in [-0.1, -0.05) is 0 Å². The normalized spacial score (nSPS) is 14.6. The molecule has 1 saturated carbocycles. The maximum Gasteiger partial charge on any atom is 0.260 e. The van der Waals surface area contributed by atoms with E-state index in [0.717, 1.165) is 18.5 Å². The molecular weight excluding hydrogens is 260 g/mol. The van der Waals surface area contributed by atoms with Crippen LogP contribution in [0.4, 0.5) is 5.82 Å². The Morgan fingerprint density at radius 2 is 2.42 bits per heavy atom. The molecule has 5 nitrogen and oxygen atoms in total. The minimum absolute atomic E-state index is 0.0162. The Balaban J connectivity index is 1.86. The Morgan fingerprint density at radius 1 is 1.63 bits per heavy atom. The second-order valence-electron chi connectivity index (χ2n) is 4.90. The van der Waals surface area contributed by atoms with Gasteiger partial charge in [-0.2, -0.15) is 16.4 Å². The summed E-state index contributed by atoms with van der Waals surface area (Å²) in [5.74, 6) is 0.274. The summed E-state index contributed by atoms with van der Waals surface area (Å²) in [5.41, 5.74) is 8.21. The number of aryl methyl sites for hydroxylation is 1. The van der Waals surface area contributed by atoms with Crippen molar-refractivity contribution in [1.29, 1.82) is 0 Å². The number of H-pyrrole nitrogens is 1. The predicted molar refractivity (Wildman–Crippen MR) is 75.0 cm³/mol. The van der Waals surface area contributed by atoms with Crippen LogP contribution in [0.25, 0.3) is 0 Å². The summed E-state index contributed by atoms with van der Waals surface area (Å²) in [5, 5.41) is 10.8. The number of nitrogens with zero attached hydrogens (tertiary/aromatic N) is 2. The van der Waals surface area contributed by atoms with Crippen LogP contribution in [0.3, 0.4) is 0 Å². The van der Waals surface area contributed by atoms with Crippen molar-refractivity contribution < 1.29 is 4.79 Å². The first kappa shape index (κ1) is 12.2. The number of nitrogens with one attached hydrogen (secondary N) is 1. The van der Waals surface area contributed by atoms with Gasteiger partial charge in [0.2, 0.25) is 0 Å².